The van der Waals surface area contributed by atoms with Gasteiger partial charge in [-0.25, -0.2) is 4.98 Å². The number of hydrogen-bond donors (Lipinski definition) is 2. The third-order valence-corrected chi connectivity index (χ3v) is 4.23. The molecule has 0 spiro atoms. The Morgan fingerprint density at radius 2 is 2.14 bits per heavy atom. The lowest BCUT2D eigenvalue weighted by Crippen LogP contribution is -2.05. The van der Waals surface area contributed by atoms with Crippen molar-refractivity contribution in [2.75, 3.05) is 12.4 Å². The Hall–Kier alpha value is -3.85. The first kappa shape index (κ1) is 18.9. The fraction of sp³-hybridized carbons (Fsp3) is 0.136. The highest BCUT2D eigenvalue weighted by atomic mass is 16.1. The summed E-state index contributed by atoms with van der Waals surface area (Å²) in [6.45, 7) is 3.52. The van der Waals surface area contributed by atoms with E-state index < -0.39 is 0 Å². The van der Waals surface area contributed by atoms with Crippen LogP contribution in [-0.2, 0) is 0 Å². The average molecular weight is 371 g/mol. The molecule has 0 radical (unpaired) electrons. The number of allylic oxidation sites excluding steroid dienone is 1. The maximum atomic E-state index is 11.6. The number of rotatable bonds is 4. The number of aromatic nitrogens is 2. The van der Waals surface area contributed by atoms with Crippen molar-refractivity contribution >= 4 is 23.3 Å². The molecule has 6 nitrogen and oxygen atoms in total. The molecule has 0 aliphatic carbocycles. The molecule has 0 atom stereocenters. The number of anilines is 1. The number of nitrogens with zero attached hydrogens (tertiary/aromatic N) is 3. The van der Waals surface area contributed by atoms with Gasteiger partial charge in [0.05, 0.1) is 17.6 Å². The summed E-state index contributed by atoms with van der Waals surface area (Å²) in [5.41, 5.74) is 11.1. The number of ketones is 1. The van der Waals surface area contributed by atoms with E-state index in [2.05, 4.69) is 27.1 Å². The molecule has 0 aliphatic rings. The molecule has 2 heterocycles. The van der Waals surface area contributed by atoms with Crippen molar-refractivity contribution in [2.45, 2.75) is 13.8 Å². The lowest BCUT2D eigenvalue weighted by molar-refractivity contribution is 0.101. The van der Waals surface area contributed by atoms with Crippen molar-refractivity contribution in [1.82, 2.24) is 9.38 Å². The predicted molar refractivity (Wildman–Crippen MR) is 113 cm³/mol. The van der Waals surface area contributed by atoms with Gasteiger partial charge < -0.3 is 11.1 Å². The van der Waals surface area contributed by atoms with Crippen LogP contribution in [0.1, 0.15) is 34.1 Å². The highest BCUT2D eigenvalue weighted by Crippen LogP contribution is 2.18. The second kappa shape index (κ2) is 8.23. The number of aliphatic imine (C=N–C) groups is 1. The van der Waals surface area contributed by atoms with E-state index in [1.54, 1.807) is 26.4 Å². The van der Waals surface area contributed by atoms with Crippen LogP contribution in [0.3, 0.4) is 0 Å². The van der Waals surface area contributed by atoms with Crippen LogP contribution in [0.25, 0.3) is 5.65 Å². The fourth-order valence-corrected chi connectivity index (χ4v) is 2.72. The molecule has 1 aromatic carbocycles. The Bertz CT molecular complexity index is 1160. The van der Waals surface area contributed by atoms with Crippen LogP contribution in [0.15, 0.2) is 59.6 Å². The summed E-state index contributed by atoms with van der Waals surface area (Å²) in [6, 6.07) is 9.36. The molecule has 0 bridgehead atoms. The van der Waals surface area contributed by atoms with Gasteiger partial charge in [-0.15, -0.1) is 0 Å². The van der Waals surface area contributed by atoms with Crippen LogP contribution < -0.4 is 11.1 Å². The van der Waals surface area contributed by atoms with Gasteiger partial charge in [-0.05, 0) is 43.5 Å². The summed E-state index contributed by atoms with van der Waals surface area (Å²) in [5, 5.41) is 3.21. The number of carbonyl (C=O) groups is 1. The van der Waals surface area contributed by atoms with Crippen molar-refractivity contribution in [3.63, 3.8) is 0 Å². The molecular weight excluding hydrogens is 350 g/mol. The van der Waals surface area contributed by atoms with Crippen molar-refractivity contribution in [2.24, 2.45) is 10.7 Å². The van der Waals surface area contributed by atoms with Gasteiger partial charge in [-0.2, -0.15) is 0 Å². The normalized spacial score (nSPS) is 11.5. The largest absolute Gasteiger partial charge is 0.403 e. The zero-order valence-corrected chi connectivity index (χ0v) is 16.0. The van der Waals surface area contributed by atoms with Crippen LogP contribution in [0.4, 0.5) is 5.69 Å². The molecule has 0 amide bonds. The van der Waals surface area contributed by atoms with Crippen molar-refractivity contribution < 1.29 is 4.79 Å². The van der Waals surface area contributed by atoms with E-state index in [4.69, 9.17) is 5.73 Å². The van der Waals surface area contributed by atoms with Gasteiger partial charge in [0.15, 0.2) is 11.4 Å². The van der Waals surface area contributed by atoms with Gasteiger partial charge in [-0.3, -0.25) is 14.2 Å². The minimum absolute atomic E-state index is 0.0213. The number of benzene rings is 1. The molecule has 0 saturated carbocycles. The zero-order valence-electron chi connectivity index (χ0n) is 16.0. The van der Waals surface area contributed by atoms with E-state index in [1.165, 1.54) is 6.20 Å². The van der Waals surface area contributed by atoms with Gasteiger partial charge in [0.1, 0.15) is 5.69 Å². The Morgan fingerprint density at radius 1 is 1.32 bits per heavy atom. The molecule has 3 N–H and O–H groups in total. The summed E-state index contributed by atoms with van der Waals surface area (Å²) < 4.78 is 1.90. The second-order valence-electron chi connectivity index (χ2n) is 6.23. The monoisotopic (exact) mass is 371 g/mol. The molecule has 0 saturated heterocycles. The first-order valence-corrected chi connectivity index (χ1v) is 8.74. The van der Waals surface area contributed by atoms with E-state index in [1.807, 2.05) is 47.9 Å². The highest BCUT2D eigenvalue weighted by molar-refractivity contribution is 5.94. The molecule has 2 aromatic heterocycles. The summed E-state index contributed by atoms with van der Waals surface area (Å²) in [6.07, 6.45) is 6.70. The number of carbonyl (C=O) groups excluding carboxylic acids is 1. The zero-order chi connectivity index (χ0) is 20.1. The van der Waals surface area contributed by atoms with Crippen LogP contribution in [0.5, 0.6) is 0 Å². The molecule has 3 aromatic rings. The number of hydrogen-bond acceptors (Lipinski definition) is 5. The second-order valence-corrected chi connectivity index (χ2v) is 6.23. The van der Waals surface area contributed by atoms with E-state index in [0.29, 0.717) is 11.3 Å². The van der Waals surface area contributed by atoms with Crippen molar-refractivity contribution in [3.05, 3.63) is 77.0 Å². The van der Waals surface area contributed by atoms with Crippen LogP contribution in [0, 0.1) is 18.8 Å². The van der Waals surface area contributed by atoms with E-state index in [0.717, 1.165) is 28.2 Å². The standard InChI is InChI=1S/C22H21N5O/c1-15-6-7-18(16(2)28)11-17(15)8-9-20-14-25-22-21(5-4-10-27(20)22)26-19(12-23)13-24-3/h4-7,10-14,26H,23H2,1-3H3. The first-order chi connectivity index (χ1) is 13.5. The minimum Gasteiger partial charge on any atom is -0.403 e. The number of imidazole rings is 1. The minimum atomic E-state index is 0.0213. The van der Waals surface area contributed by atoms with Crippen LogP contribution in [-0.4, -0.2) is 28.4 Å². The molecular formula is C22H21N5O. The lowest BCUT2D eigenvalue weighted by Gasteiger charge is -2.07. The maximum absolute atomic E-state index is 11.6. The third kappa shape index (κ3) is 3.94. The first-order valence-electron chi connectivity index (χ1n) is 8.74. The maximum Gasteiger partial charge on any atom is 0.161 e. The molecule has 3 rings (SSSR count). The molecule has 0 fully saturated rings. The Morgan fingerprint density at radius 3 is 2.86 bits per heavy atom. The average Bonchev–Trinajstić information content (AvgIpc) is 3.11. The predicted octanol–water partition coefficient (Wildman–Crippen LogP) is 3.16. The number of aryl methyl sites for hydroxylation is 1. The highest BCUT2D eigenvalue weighted by Gasteiger charge is 2.07. The van der Waals surface area contributed by atoms with Crippen molar-refractivity contribution in [1.29, 1.82) is 0 Å². The number of pyridine rings is 1. The number of nitrogens with two attached hydrogens (primary N) is 1. The van der Waals surface area contributed by atoms with Crippen LogP contribution in [0.2, 0.25) is 0 Å². The smallest absolute Gasteiger partial charge is 0.161 e. The summed E-state index contributed by atoms with van der Waals surface area (Å²) >= 11 is 0. The molecule has 0 unspecified atom stereocenters. The van der Waals surface area contributed by atoms with Gasteiger partial charge in [-0.1, -0.05) is 18.1 Å². The lowest BCUT2D eigenvalue weighted by atomic mass is 10.0. The Labute approximate surface area is 163 Å². The quantitative estimate of drug-likeness (QED) is 0.419. The van der Waals surface area contributed by atoms with Crippen LogP contribution >= 0.6 is 0 Å². The topological polar surface area (TPSA) is 84.8 Å². The number of Topliss-reactive ketones (excluding diaryl/α,β-unsaturated/α-hetero) is 1. The van der Waals surface area contributed by atoms with Gasteiger partial charge in [0.2, 0.25) is 0 Å². The molecule has 6 heteroatoms. The molecule has 0 aliphatic heterocycles. The van der Waals surface area contributed by atoms with Gasteiger partial charge in [0.25, 0.3) is 0 Å². The fourth-order valence-electron chi connectivity index (χ4n) is 2.72. The summed E-state index contributed by atoms with van der Waals surface area (Å²) in [7, 11) is 1.68. The van der Waals surface area contributed by atoms with Gasteiger partial charge in [0, 0.05) is 36.8 Å². The molecule has 28 heavy (non-hydrogen) atoms. The number of fused-ring (bicyclic) bond motifs is 1. The van der Waals surface area contributed by atoms with Gasteiger partial charge >= 0.3 is 0 Å². The van der Waals surface area contributed by atoms with E-state index >= 15 is 0 Å². The van der Waals surface area contributed by atoms with E-state index in [-0.39, 0.29) is 5.78 Å². The SMILES string of the molecule is CN=CC(=CN)Nc1cccn2c(C#Cc3cc(C(C)=O)ccc3C)cnc12. The molecule has 140 valence electrons. The Balaban J connectivity index is 1.99. The summed E-state index contributed by atoms with van der Waals surface area (Å²) in [4.78, 5) is 20.1. The van der Waals surface area contributed by atoms with Crippen molar-refractivity contribution in [3.8, 4) is 11.8 Å². The van der Waals surface area contributed by atoms with E-state index in [9.17, 15) is 4.79 Å². The Kier molecular flexibility index (Phi) is 5.56. The third-order valence-electron chi connectivity index (χ3n) is 4.23. The summed E-state index contributed by atoms with van der Waals surface area (Å²) in [5.74, 6) is 6.34. The number of nitrogens with one attached hydrogen (secondary N) is 1.